The second-order valence-corrected chi connectivity index (χ2v) is 7.60. The number of anilines is 2. The van der Waals surface area contributed by atoms with Crippen LogP contribution in [-0.4, -0.2) is 39.4 Å². The summed E-state index contributed by atoms with van der Waals surface area (Å²) in [7, 11) is 0. The number of benzene rings is 1. The van der Waals surface area contributed by atoms with Gasteiger partial charge in [-0.1, -0.05) is 0 Å². The number of nitrogens with one attached hydrogen (secondary N) is 3. The van der Waals surface area contributed by atoms with Gasteiger partial charge in [-0.15, -0.1) is 11.8 Å². The third-order valence-electron chi connectivity index (χ3n) is 4.06. The minimum atomic E-state index is -0.948. The molecule has 7 nitrogen and oxygen atoms in total. The van der Waals surface area contributed by atoms with Gasteiger partial charge >= 0.3 is 0 Å². The van der Waals surface area contributed by atoms with Gasteiger partial charge in [0.15, 0.2) is 0 Å². The van der Waals surface area contributed by atoms with Gasteiger partial charge in [0, 0.05) is 22.7 Å². The molecule has 1 aromatic carbocycles. The quantitative estimate of drug-likeness (QED) is 0.355. The molecule has 0 unspecified atom stereocenters. The fraction of sp³-hybridized carbons (Fsp3) is 0.263. The molecule has 0 fully saturated rings. The van der Waals surface area contributed by atoms with Gasteiger partial charge < -0.3 is 15.4 Å². The number of aliphatic hydroxyl groups excluding tert-OH is 1. The summed E-state index contributed by atoms with van der Waals surface area (Å²) in [5.74, 6) is -1.00. The highest BCUT2D eigenvalue weighted by Crippen LogP contribution is 2.32. The molecule has 0 saturated heterocycles. The normalized spacial score (nSPS) is 11.6. The monoisotopic (exact) mass is 404 g/mol. The Hall–Kier alpha value is -2.62. The molecule has 0 bridgehead atoms. The van der Waals surface area contributed by atoms with Crippen molar-refractivity contribution in [1.29, 1.82) is 0 Å². The van der Waals surface area contributed by atoms with Crippen LogP contribution in [0.15, 0.2) is 41.6 Å². The molecule has 28 heavy (non-hydrogen) atoms. The zero-order valence-corrected chi connectivity index (χ0v) is 16.5. The van der Waals surface area contributed by atoms with Crippen LogP contribution in [0.3, 0.4) is 0 Å². The first kappa shape index (κ1) is 20.1. The summed E-state index contributed by atoms with van der Waals surface area (Å²) >= 11 is 1.44. The van der Waals surface area contributed by atoms with E-state index >= 15 is 0 Å². The first-order valence-electron chi connectivity index (χ1n) is 8.50. The molecule has 9 heteroatoms. The third kappa shape index (κ3) is 4.27. The van der Waals surface area contributed by atoms with Gasteiger partial charge in [0.25, 0.3) is 5.91 Å². The number of amides is 1. The molecule has 0 aliphatic rings. The van der Waals surface area contributed by atoms with Crippen LogP contribution >= 0.6 is 11.8 Å². The number of aromatic nitrogens is 2. The van der Waals surface area contributed by atoms with Crippen LogP contribution < -0.4 is 10.8 Å². The predicted octanol–water partition coefficient (Wildman–Crippen LogP) is 3.60. The summed E-state index contributed by atoms with van der Waals surface area (Å²) < 4.78 is 14.5. The summed E-state index contributed by atoms with van der Waals surface area (Å²) in [6.07, 6.45) is 5.03. The van der Waals surface area contributed by atoms with Crippen LogP contribution in [0.25, 0.3) is 10.9 Å². The number of carbonyl (C=O) groups is 1. The summed E-state index contributed by atoms with van der Waals surface area (Å²) in [6.45, 7) is 2.98. The average molecular weight is 404 g/mol. The van der Waals surface area contributed by atoms with Gasteiger partial charge in [-0.3, -0.25) is 14.6 Å². The van der Waals surface area contributed by atoms with E-state index in [1.165, 1.54) is 17.8 Å². The second-order valence-electron chi connectivity index (χ2n) is 6.72. The number of aliphatic hydroxyl groups is 1. The maximum Gasteiger partial charge on any atom is 0.293 e. The van der Waals surface area contributed by atoms with E-state index in [1.54, 1.807) is 44.4 Å². The van der Waals surface area contributed by atoms with E-state index < -0.39 is 17.3 Å². The maximum atomic E-state index is 14.5. The molecule has 0 aliphatic carbocycles. The highest BCUT2D eigenvalue weighted by molar-refractivity contribution is 7.98. The van der Waals surface area contributed by atoms with Crippen molar-refractivity contribution >= 4 is 39.9 Å². The zero-order valence-electron chi connectivity index (χ0n) is 15.7. The molecular weight excluding hydrogens is 383 g/mol. The molecule has 0 spiro atoms. The number of carbonyl (C=O) groups excluding carboxylic acids is 1. The molecule has 0 atom stereocenters. The molecule has 2 aromatic heterocycles. The second kappa shape index (κ2) is 8.17. The van der Waals surface area contributed by atoms with Crippen molar-refractivity contribution in [2.24, 2.45) is 0 Å². The van der Waals surface area contributed by atoms with Gasteiger partial charge in [0.05, 0.1) is 23.5 Å². The van der Waals surface area contributed by atoms with E-state index in [-0.39, 0.29) is 18.0 Å². The molecule has 1 amide bonds. The molecule has 0 aliphatic heterocycles. The average Bonchev–Trinajstić information content (AvgIpc) is 3.06. The number of nitrogens with zero attached hydrogens (tertiary/aromatic N) is 1. The van der Waals surface area contributed by atoms with Gasteiger partial charge in [0.2, 0.25) is 0 Å². The Bertz CT molecular complexity index is 1010. The lowest BCUT2D eigenvalue weighted by molar-refractivity contribution is -0.0957. The summed E-state index contributed by atoms with van der Waals surface area (Å²) in [4.78, 5) is 25.8. The number of rotatable bonds is 7. The first-order valence-corrected chi connectivity index (χ1v) is 9.72. The number of hydroxylamine groups is 1. The minimum Gasteiger partial charge on any atom is -0.393 e. The molecule has 2 heterocycles. The van der Waals surface area contributed by atoms with Crippen molar-refractivity contribution in [3.63, 3.8) is 0 Å². The fourth-order valence-corrected chi connectivity index (χ4v) is 2.89. The van der Waals surface area contributed by atoms with E-state index in [1.807, 2.05) is 6.26 Å². The maximum absolute atomic E-state index is 14.5. The molecule has 3 rings (SSSR count). The van der Waals surface area contributed by atoms with Gasteiger partial charge in [-0.05, 0) is 44.4 Å². The van der Waals surface area contributed by atoms with E-state index in [0.717, 1.165) is 4.90 Å². The van der Waals surface area contributed by atoms with Crippen LogP contribution in [0.2, 0.25) is 0 Å². The van der Waals surface area contributed by atoms with Crippen molar-refractivity contribution in [3.05, 3.63) is 48.2 Å². The van der Waals surface area contributed by atoms with E-state index in [2.05, 4.69) is 20.8 Å². The van der Waals surface area contributed by atoms with Crippen LogP contribution in [0.1, 0.15) is 24.3 Å². The summed E-state index contributed by atoms with van der Waals surface area (Å²) in [6, 6.07) is 6.54. The largest absolute Gasteiger partial charge is 0.393 e. The van der Waals surface area contributed by atoms with Crippen LogP contribution in [-0.2, 0) is 4.84 Å². The van der Waals surface area contributed by atoms with Crippen LogP contribution in [0, 0.1) is 5.82 Å². The topological polar surface area (TPSA) is 99.3 Å². The minimum absolute atomic E-state index is 0.157. The number of fused-ring (bicyclic) bond motifs is 1. The van der Waals surface area contributed by atoms with Gasteiger partial charge in [0.1, 0.15) is 17.1 Å². The molecule has 3 aromatic rings. The number of H-pyrrole nitrogens is 1. The zero-order chi connectivity index (χ0) is 20.3. The number of hydrogen-bond donors (Lipinski definition) is 4. The Kier molecular flexibility index (Phi) is 5.87. The SMILES string of the molecule is CSc1ccc(Nc2c(C(=O)NOC(C)(C)CO)[nH]c3ccncc23)c(F)c1. The fourth-order valence-electron chi connectivity index (χ4n) is 2.46. The Balaban J connectivity index is 1.96. The van der Waals surface area contributed by atoms with Gasteiger partial charge in [-0.25, -0.2) is 9.87 Å². The lowest BCUT2D eigenvalue weighted by Gasteiger charge is -2.21. The number of hydrogen-bond acceptors (Lipinski definition) is 6. The Morgan fingerprint density at radius 2 is 2.18 bits per heavy atom. The standard InChI is InChI=1S/C19H21FN4O3S/c1-19(2,10-25)27-24-18(26)17-16(12-9-21-7-6-14(12)22-17)23-15-5-4-11(28-3)8-13(15)20/h4-9,22-23,25H,10H2,1-3H3,(H,24,26). The Labute approximate surface area is 165 Å². The van der Waals surface area contributed by atoms with Crippen molar-refractivity contribution in [2.45, 2.75) is 24.3 Å². The number of halogens is 1. The number of thioether (sulfide) groups is 1. The highest BCUT2D eigenvalue weighted by atomic mass is 32.2. The Morgan fingerprint density at radius 1 is 1.39 bits per heavy atom. The molecule has 0 radical (unpaired) electrons. The summed E-state index contributed by atoms with van der Waals surface area (Å²) in [5, 5.41) is 12.9. The molecule has 148 valence electrons. The van der Waals surface area contributed by atoms with Crippen LogP contribution in [0.4, 0.5) is 15.8 Å². The van der Waals surface area contributed by atoms with E-state index in [4.69, 9.17) is 4.84 Å². The van der Waals surface area contributed by atoms with Crippen LogP contribution in [0.5, 0.6) is 0 Å². The van der Waals surface area contributed by atoms with Crippen molar-refractivity contribution in [3.8, 4) is 0 Å². The van der Waals surface area contributed by atoms with E-state index in [0.29, 0.717) is 16.6 Å². The number of pyridine rings is 1. The summed E-state index contributed by atoms with van der Waals surface area (Å²) in [5.41, 5.74) is 2.80. The molecule has 0 saturated carbocycles. The Morgan fingerprint density at radius 3 is 2.86 bits per heavy atom. The smallest absolute Gasteiger partial charge is 0.293 e. The van der Waals surface area contributed by atoms with Crippen molar-refractivity contribution in [2.75, 3.05) is 18.2 Å². The van der Waals surface area contributed by atoms with Gasteiger partial charge in [-0.2, -0.15) is 0 Å². The highest BCUT2D eigenvalue weighted by Gasteiger charge is 2.23. The predicted molar refractivity (Wildman–Crippen MR) is 107 cm³/mol. The van der Waals surface area contributed by atoms with Crippen molar-refractivity contribution < 1.29 is 19.1 Å². The first-order chi connectivity index (χ1) is 13.3. The van der Waals surface area contributed by atoms with E-state index in [9.17, 15) is 14.3 Å². The third-order valence-corrected chi connectivity index (χ3v) is 4.79. The lowest BCUT2D eigenvalue weighted by Crippen LogP contribution is -2.38. The van der Waals surface area contributed by atoms with Crippen molar-refractivity contribution in [1.82, 2.24) is 15.4 Å². The lowest BCUT2D eigenvalue weighted by atomic mass is 10.2. The molecule has 4 N–H and O–H groups in total. The molecular formula is C19H21FN4O3S. The number of aromatic amines is 1.